The van der Waals surface area contributed by atoms with Crippen LogP contribution < -0.4 is 21.5 Å². The van der Waals surface area contributed by atoms with Gasteiger partial charge in [-0.15, -0.1) is 0 Å². The average Bonchev–Trinajstić information content (AvgIpc) is 3.29. The van der Waals surface area contributed by atoms with Crippen molar-refractivity contribution >= 4 is 33.3 Å². The molecule has 2 fully saturated rings. The summed E-state index contributed by atoms with van der Waals surface area (Å²) < 4.78 is 5.53. The highest BCUT2D eigenvalue weighted by Gasteiger charge is 2.26. The van der Waals surface area contributed by atoms with Crippen LogP contribution in [0.4, 0.5) is 11.4 Å². The van der Waals surface area contributed by atoms with Gasteiger partial charge in [-0.2, -0.15) is 0 Å². The molecule has 3 heterocycles. The SMILES string of the molecule is NC1CCCCC1Nc1c(-c2nc3c(N4CCOCC4)cccc3[nH]2)c(=O)[nH]c2ccccc12. The van der Waals surface area contributed by atoms with E-state index in [1.165, 1.54) is 0 Å². The van der Waals surface area contributed by atoms with Crippen LogP contribution in [-0.4, -0.2) is 53.3 Å². The number of morpholine rings is 1. The van der Waals surface area contributed by atoms with Crippen molar-refractivity contribution in [3.63, 3.8) is 0 Å². The van der Waals surface area contributed by atoms with E-state index in [0.717, 1.165) is 72.1 Å². The molecule has 5 N–H and O–H groups in total. The van der Waals surface area contributed by atoms with Crippen molar-refractivity contribution in [2.24, 2.45) is 5.73 Å². The molecule has 8 nitrogen and oxygen atoms in total. The van der Waals surface area contributed by atoms with Crippen molar-refractivity contribution in [2.75, 3.05) is 36.5 Å². The summed E-state index contributed by atoms with van der Waals surface area (Å²) in [5, 5.41) is 4.63. The van der Waals surface area contributed by atoms with Crippen LogP contribution in [-0.2, 0) is 4.74 Å². The Hall–Kier alpha value is -3.36. The van der Waals surface area contributed by atoms with Crippen molar-refractivity contribution in [1.82, 2.24) is 15.0 Å². The Labute approximate surface area is 197 Å². The molecule has 0 radical (unpaired) electrons. The first-order valence-electron chi connectivity index (χ1n) is 12.2. The van der Waals surface area contributed by atoms with Crippen LogP contribution in [0.1, 0.15) is 25.7 Å². The molecule has 4 aromatic rings. The number of ether oxygens (including phenoxy) is 1. The Morgan fingerprint density at radius 3 is 2.65 bits per heavy atom. The molecular weight excluding hydrogens is 428 g/mol. The number of H-pyrrole nitrogens is 2. The number of aromatic amines is 2. The summed E-state index contributed by atoms with van der Waals surface area (Å²) in [6, 6.07) is 14.2. The highest BCUT2D eigenvalue weighted by molar-refractivity contribution is 6.00. The largest absolute Gasteiger partial charge is 0.379 e. The number of hydrogen-bond donors (Lipinski definition) is 4. The Morgan fingerprint density at radius 2 is 1.79 bits per heavy atom. The number of hydrogen-bond acceptors (Lipinski definition) is 6. The van der Waals surface area contributed by atoms with E-state index in [2.05, 4.69) is 26.3 Å². The standard InChI is InChI=1S/C26H30N6O2/c27-17-7-2-4-9-19(17)28-23-16-6-1-3-8-18(16)30-26(33)22(23)25-29-20-10-5-11-21(24(20)31-25)32-12-14-34-15-13-32/h1,3,5-6,8,10-11,17,19H,2,4,7,9,12-15,27H2,(H,29,31)(H2,28,30,33). The Kier molecular flexibility index (Phi) is 5.47. The summed E-state index contributed by atoms with van der Waals surface area (Å²) in [5.74, 6) is 0.564. The molecule has 2 unspecified atom stereocenters. The zero-order chi connectivity index (χ0) is 23.1. The molecular formula is C26H30N6O2. The molecule has 1 aliphatic heterocycles. The first-order chi connectivity index (χ1) is 16.7. The lowest BCUT2D eigenvalue weighted by Gasteiger charge is -2.31. The van der Waals surface area contributed by atoms with Crippen LogP contribution >= 0.6 is 0 Å². The topological polar surface area (TPSA) is 112 Å². The fourth-order valence-electron chi connectivity index (χ4n) is 5.34. The summed E-state index contributed by atoms with van der Waals surface area (Å²) in [4.78, 5) is 27.2. The fourth-order valence-corrected chi connectivity index (χ4v) is 5.34. The number of anilines is 2. The molecule has 1 saturated carbocycles. The number of nitrogens with one attached hydrogen (secondary N) is 3. The maximum Gasteiger partial charge on any atom is 0.261 e. The first kappa shape index (κ1) is 21.2. The number of rotatable bonds is 4. The van der Waals surface area contributed by atoms with Gasteiger partial charge in [0.1, 0.15) is 16.9 Å². The zero-order valence-electron chi connectivity index (χ0n) is 19.1. The quantitative estimate of drug-likeness (QED) is 0.372. The van der Waals surface area contributed by atoms with Crippen LogP contribution in [0.2, 0.25) is 0 Å². The predicted molar refractivity (Wildman–Crippen MR) is 137 cm³/mol. The van der Waals surface area contributed by atoms with E-state index in [1.54, 1.807) is 0 Å². The van der Waals surface area contributed by atoms with Gasteiger partial charge in [0.05, 0.1) is 35.6 Å². The third-order valence-corrected chi connectivity index (χ3v) is 7.15. The Balaban J connectivity index is 1.51. The fraction of sp³-hybridized carbons (Fsp3) is 0.385. The molecule has 1 saturated heterocycles. The van der Waals surface area contributed by atoms with E-state index < -0.39 is 0 Å². The third kappa shape index (κ3) is 3.73. The van der Waals surface area contributed by atoms with Crippen molar-refractivity contribution in [1.29, 1.82) is 0 Å². The van der Waals surface area contributed by atoms with Crippen LogP contribution in [0.5, 0.6) is 0 Å². The molecule has 2 aromatic carbocycles. The van der Waals surface area contributed by atoms with Gasteiger partial charge in [-0.3, -0.25) is 4.79 Å². The molecule has 2 atom stereocenters. The average molecular weight is 459 g/mol. The summed E-state index contributed by atoms with van der Waals surface area (Å²) in [5.41, 5.74) is 11.3. The smallest absolute Gasteiger partial charge is 0.261 e. The number of nitrogens with zero attached hydrogens (tertiary/aromatic N) is 2. The van der Waals surface area contributed by atoms with E-state index in [9.17, 15) is 4.79 Å². The molecule has 34 heavy (non-hydrogen) atoms. The van der Waals surface area contributed by atoms with Crippen LogP contribution in [0.3, 0.4) is 0 Å². The number of nitrogens with two attached hydrogens (primary N) is 1. The maximum atomic E-state index is 13.4. The number of para-hydroxylation sites is 2. The second-order valence-electron chi connectivity index (χ2n) is 9.31. The number of benzene rings is 2. The lowest BCUT2D eigenvalue weighted by molar-refractivity contribution is 0.123. The van der Waals surface area contributed by atoms with Crippen molar-refractivity contribution in [3.05, 3.63) is 52.8 Å². The normalized spacial score (nSPS) is 21.3. The van der Waals surface area contributed by atoms with Gasteiger partial charge in [-0.05, 0) is 31.0 Å². The van der Waals surface area contributed by atoms with Crippen molar-refractivity contribution < 1.29 is 4.74 Å². The number of imidazole rings is 1. The second kappa shape index (κ2) is 8.77. The van der Waals surface area contributed by atoms with E-state index in [4.69, 9.17) is 15.5 Å². The molecule has 176 valence electrons. The van der Waals surface area contributed by atoms with E-state index >= 15 is 0 Å². The van der Waals surface area contributed by atoms with Crippen molar-refractivity contribution in [3.8, 4) is 11.4 Å². The Morgan fingerprint density at radius 1 is 1.00 bits per heavy atom. The lowest BCUT2D eigenvalue weighted by atomic mass is 9.90. The van der Waals surface area contributed by atoms with Gasteiger partial charge >= 0.3 is 0 Å². The highest BCUT2D eigenvalue weighted by atomic mass is 16.5. The molecule has 2 aliphatic rings. The molecule has 8 heteroatoms. The van der Waals surface area contributed by atoms with Gasteiger partial charge in [0.2, 0.25) is 0 Å². The summed E-state index contributed by atoms with van der Waals surface area (Å²) >= 11 is 0. The molecule has 0 spiro atoms. The molecule has 1 aliphatic carbocycles. The number of pyridine rings is 1. The molecule has 2 aromatic heterocycles. The van der Waals surface area contributed by atoms with Gasteiger partial charge in [-0.25, -0.2) is 4.98 Å². The monoisotopic (exact) mass is 458 g/mol. The van der Waals surface area contributed by atoms with Crippen molar-refractivity contribution in [2.45, 2.75) is 37.8 Å². The van der Waals surface area contributed by atoms with Gasteiger partial charge in [0.15, 0.2) is 0 Å². The van der Waals surface area contributed by atoms with Crippen LogP contribution in [0.25, 0.3) is 33.3 Å². The summed E-state index contributed by atoms with van der Waals surface area (Å²) in [6.07, 6.45) is 4.26. The summed E-state index contributed by atoms with van der Waals surface area (Å²) in [7, 11) is 0. The number of aromatic nitrogens is 3. The van der Waals surface area contributed by atoms with Crippen LogP contribution in [0, 0.1) is 0 Å². The third-order valence-electron chi connectivity index (χ3n) is 7.15. The van der Waals surface area contributed by atoms with Gasteiger partial charge in [-0.1, -0.05) is 37.1 Å². The van der Waals surface area contributed by atoms with Crippen LogP contribution in [0.15, 0.2) is 47.3 Å². The first-order valence-corrected chi connectivity index (χ1v) is 12.2. The second-order valence-corrected chi connectivity index (χ2v) is 9.31. The van der Waals surface area contributed by atoms with Gasteiger partial charge in [0.25, 0.3) is 5.56 Å². The Bertz CT molecular complexity index is 1390. The molecule has 0 amide bonds. The summed E-state index contributed by atoms with van der Waals surface area (Å²) in [6.45, 7) is 3.05. The van der Waals surface area contributed by atoms with E-state index in [0.29, 0.717) is 24.6 Å². The minimum Gasteiger partial charge on any atom is -0.379 e. The van der Waals surface area contributed by atoms with E-state index in [1.807, 2.05) is 36.4 Å². The molecule has 6 rings (SSSR count). The maximum absolute atomic E-state index is 13.4. The predicted octanol–water partition coefficient (Wildman–Crippen LogP) is 3.59. The number of fused-ring (bicyclic) bond motifs is 2. The highest BCUT2D eigenvalue weighted by Crippen LogP contribution is 2.35. The molecule has 0 bridgehead atoms. The van der Waals surface area contributed by atoms with E-state index in [-0.39, 0.29) is 17.6 Å². The van der Waals surface area contributed by atoms with Gasteiger partial charge in [0, 0.05) is 30.6 Å². The minimum atomic E-state index is -0.169. The lowest BCUT2D eigenvalue weighted by Crippen LogP contribution is -2.43. The minimum absolute atomic E-state index is 0.0586. The zero-order valence-corrected chi connectivity index (χ0v) is 19.1. The van der Waals surface area contributed by atoms with Gasteiger partial charge < -0.3 is 30.7 Å².